The van der Waals surface area contributed by atoms with E-state index in [1.165, 1.54) is 0 Å². The van der Waals surface area contributed by atoms with Crippen molar-refractivity contribution < 1.29 is 46.2 Å². The largest absolute Gasteiger partial charge is 0.481 e. The topological polar surface area (TPSA) is 95.9 Å². The van der Waals surface area contributed by atoms with Crippen molar-refractivity contribution in [1.29, 1.82) is 0 Å². The third-order valence-corrected chi connectivity index (χ3v) is 4.03. The molecule has 1 saturated heterocycles. The number of halogens is 5. The lowest BCUT2D eigenvalue weighted by molar-refractivity contribution is -0.187. The predicted octanol–water partition coefficient (Wildman–Crippen LogP) is 2.48. The monoisotopic (exact) mass is 396 g/mol. The van der Waals surface area contributed by atoms with Crippen LogP contribution in [0.2, 0.25) is 0 Å². The number of carbonyl (C=O) groups excluding carboxylic acids is 2. The second-order valence-electron chi connectivity index (χ2n) is 5.73. The first kappa shape index (κ1) is 20.4. The summed E-state index contributed by atoms with van der Waals surface area (Å²) in [4.78, 5) is 34.9. The lowest BCUT2D eigenvalue weighted by Gasteiger charge is -2.19. The first-order valence-electron chi connectivity index (χ1n) is 7.38. The highest BCUT2D eigenvalue weighted by molar-refractivity contribution is 5.93. The lowest BCUT2D eigenvalue weighted by atomic mass is 9.96. The molecule has 0 aliphatic carbocycles. The van der Waals surface area contributed by atoms with Crippen molar-refractivity contribution in [2.75, 3.05) is 25.5 Å². The molecule has 1 fully saturated rings. The molecule has 0 saturated carbocycles. The van der Waals surface area contributed by atoms with Gasteiger partial charge in [-0.05, 0) is 12.1 Å². The summed E-state index contributed by atoms with van der Waals surface area (Å²) in [6.45, 7) is -1.64. The number of benzene rings is 1. The Morgan fingerprint density at radius 2 is 1.74 bits per heavy atom. The van der Waals surface area contributed by atoms with E-state index in [2.05, 4.69) is 4.74 Å². The van der Waals surface area contributed by atoms with Crippen molar-refractivity contribution in [2.24, 2.45) is 11.8 Å². The molecule has 1 aliphatic heterocycles. The molecule has 1 aliphatic rings. The molecule has 0 radical (unpaired) electrons. The van der Waals surface area contributed by atoms with Crippen LogP contribution in [0.4, 0.5) is 32.4 Å². The number of carboxylic acid groups (broad SMARTS) is 1. The van der Waals surface area contributed by atoms with E-state index in [9.17, 15) is 36.3 Å². The molecule has 2 amide bonds. The molecule has 2 atom stereocenters. The lowest BCUT2D eigenvalue weighted by Crippen LogP contribution is -2.35. The van der Waals surface area contributed by atoms with Crippen LogP contribution in [0, 0.1) is 23.5 Å². The average molecular weight is 396 g/mol. The summed E-state index contributed by atoms with van der Waals surface area (Å²) in [6.07, 6.45) is -4.83. The fraction of sp³-hybridized carbons (Fsp3) is 0.400. The third kappa shape index (κ3) is 4.26. The van der Waals surface area contributed by atoms with Crippen LogP contribution in [0.3, 0.4) is 0 Å². The van der Waals surface area contributed by atoms with Crippen LogP contribution in [0.5, 0.6) is 0 Å². The number of hydrogen-bond donors (Lipinski definition) is 2. The van der Waals surface area contributed by atoms with Crippen LogP contribution in [-0.2, 0) is 9.53 Å². The molecule has 2 N–H and O–H groups in total. The number of likely N-dealkylation sites (tertiary alicyclic amines) is 1. The van der Waals surface area contributed by atoms with Gasteiger partial charge in [-0.1, -0.05) is 0 Å². The van der Waals surface area contributed by atoms with Crippen molar-refractivity contribution in [2.45, 2.75) is 6.18 Å². The van der Waals surface area contributed by atoms with Gasteiger partial charge in [-0.15, -0.1) is 0 Å². The van der Waals surface area contributed by atoms with Gasteiger partial charge in [0, 0.05) is 18.8 Å². The van der Waals surface area contributed by atoms with Gasteiger partial charge in [0.2, 0.25) is 0 Å². The molecule has 1 heterocycles. The summed E-state index contributed by atoms with van der Waals surface area (Å²) in [5, 5.41) is 10.9. The zero-order valence-electron chi connectivity index (χ0n) is 13.6. The third-order valence-electron chi connectivity index (χ3n) is 4.03. The smallest absolute Gasteiger partial charge is 0.394 e. The van der Waals surface area contributed by atoms with E-state index in [-0.39, 0.29) is 0 Å². The summed E-state index contributed by atoms with van der Waals surface area (Å²) in [5.41, 5.74) is -1.47. The molecule has 0 bridgehead atoms. The van der Waals surface area contributed by atoms with Crippen LogP contribution in [0.1, 0.15) is 10.4 Å². The molecule has 7 nitrogen and oxygen atoms in total. The maximum atomic E-state index is 13.8. The number of alkyl halides is 3. The number of amides is 2. The van der Waals surface area contributed by atoms with Gasteiger partial charge in [0.15, 0.2) is 0 Å². The van der Waals surface area contributed by atoms with E-state index in [0.29, 0.717) is 17.0 Å². The first-order chi connectivity index (χ1) is 12.5. The number of hydrogen-bond acceptors (Lipinski definition) is 4. The maximum Gasteiger partial charge on any atom is 0.394 e. The van der Waals surface area contributed by atoms with Gasteiger partial charge in [0.05, 0.1) is 18.9 Å². The molecule has 0 aromatic heterocycles. The van der Waals surface area contributed by atoms with E-state index in [1.54, 1.807) is 0 Å². The summed E-state index contributed by atoms with van der Waals surface area (Å²) >= 11 is 0. The number of aliphatic carboxylic acids is 1. The van der Waals surface area contributed by atoms with Crippen LogP contribution in [0.15, 0.2) is 12.1 Å². The molecule has 27 heavy (non-hydrogen) atoms. The normalized spacial score (nSPS) is 19.7. The van der Waals surface area contributed by atoms with E-state index >= 15 is 0 Å². The van der Waals surface area contributed by atoms with Crippen LogP contribution in [0.25, 0.3) is 0 Å². The molecule has 0 unspecified atom stereocenters. The quantitative estimate of drug-likeness (QED) is 0.605. The predicted molar refractivity (Wildman–Crippen MR) is 79.0 cm³/mol. The Morgan fingerprint density at radius 3 is 2.15 bits per heavy atom. The highest BCUT2D eigenvalue weighted by Crippen LogP contribution is 2.38. The number of carboxylic acids is 1. The van der Waals surface area contributed by atoms with Gasteiger partial charge in [-0.2, -0.15) is 13.2 Å². The number of methoxy groups -OCH3 is 1. The Kier molecular flexibility index (Phi) is 5.56. The number of nitrogens with zero attached hydrogens (tertiary/aromatic N) is 1. The van der Waals surface area contributed by atoms with Crippen molar-refractivity contribution >= 4 is 23.7 Å². The summed E-state index contributed by atoms with van der Waals surface area (Å²) in [6, 6.07) is -0.00374. The van der Waals surface area contributed by atoms with E-state index < -0.39 is 72.0 Å². The summed E-state index contributed by atoms with van der Waals surface area (Å²) in [7, 11) is 0.903. The van der Waals surface area contributed by atoms with Crippen LogP contribution >= 0.6 is 0 Å². The van der Waals surface area contributed by atoms with Crippen LogP contribution in [-0.4, -0.2) is 54.4 Å². The number of ether oxygens (including phenoxy) is 1. The van der Waals surface area contributed by atoms with Crippen LogP contribution < -0.4 is 5.32 Å². The van der Waals surface area contributed by atoms with Gasteiger partial charge >= 0.3 is 24.1 Å². The van der Waals surface area contributed by atoms with Crippen molar-refractivity contribution in [3.05, 3.63) is 29.3 Å². The van der Waals surface area contributed by atoms with Gasteiger partial charge in [-0.3, -0.25) is 4.79 Å². The first-order valence-corrected chi connectivity index (χ1v) is 7.38. The molecule has 2 rings (SSSR count). The fourth-order valence-electron chi connectivity index (χ4n) is 2.70. The summed E-state index contributed by atoms with van der Waals surface area (Å²) < 4.78 is 70.7. The molecule has 12 heteroatoms. The Hall–Kier alpha value is -2.92. The molecular formula is C15H13F5N2O5. The fourth-order valence-corrected chi connectivity index (χ4v) is 2.70. The second kappa shape index (κ2) is 7.37. The minimum Gasteiger partial charge on any atom is -0.481 e. The maximum absolute atomic E-state index is 13.8. The van der Waals surface area contributed by atoms with Gasteiger partial charge in [0.1, 0.15) is 17.2 Å². The standard InChI is InChI=1S/C15H13F5N2O5/c1-27-13(25)11-9(16)2-6(3-10(11)17)21-14(26)22-4-7(12(23)24)8(5-22)15(18,19)20/h2-3,7-8H,4-5H2,1H3,(H,21,26)(H,23,24)/t7-,8-/m1/s1. The van der Waals surface area contributed by atoms with Gasteiger partial charge in [0.25, 0.3) is 0 Å². The number of esters is 1. The zero-order chi connectivity index (χ0) is 20.5. The van der Waals surface area contributed by atoms with Gasteiger partial charge < -0.3 is 20.1 Å². The minimum atomic E-state index is -4.83. The molecule has 148 valence electrons. The highest BCUT2D eigenvalue weighted by atomic mass is 19.4. The second-order valence-corrected chi connectivity index (χ2v) is 5.73. The number of urea groups is 1. The zero-order valence-corrected chi connectivity index (χ0v) is 13.6. The Balaban J connectivity index is 2.18. The number of anilines is 1. The van der Waals surface area contributed by atoms with E-state index in [1.807, 2.05) is 5.32 Å². The number of rotatable bonds is 3. The summed E-state index contributed by atoms with van der Waals surface area (Å²) in [5.74, 6) is -9.83. The van der Waals surface area contributed by atoms with E-state index in [4.69, 9.17) is 5.11 Å². The number of nitrogens with one attached hydrogen (secondary N) is 1. The number of carbonyl (C=O) groups is 3. The average Bonchev–Trinajstić information content (AvgIpc) is 2.99. The molecular weight excluding hydrogens is 383 g/mol. The van der Waals surface area contributed by atoms with Crippen molar-refractivity contribution in [3.63, 3.8) is 0 Å². The molecule has 0 spiro atoms. The minimum absolute atomic E-state index is 0.468. The van der Waals surface area contributed by atoms with Gasteiger partial charge in [-0.25, -0.2) is 18.4 Å². The SMILES string of the molecule is COC(=O)c1c(F)cc(NC(=O)N2C[C@@H](C(F)(F)F)[C@H](C(=O)O)C2)cc1F. The molecule has 1 aromatic carbocycles. The van der Waals surface area contributed by atoms with Crippen molar-refractivity contribution in [3.8, 4) is 0 Å². The van der Waals surface area contributed by atoms with E-state index in [0.717, 1.165) is 7.11 Å². The Morgan fingerprint density at radius 1 is 1.19 bits per heavy atom. The Bertz CT molecular complexity index is 759. The van der Waals surface area contributed by atoms with Crippen molar-refractivity contribution in [1.82, 2.24) is 4.90 Å². The Labute approximate surface area is 148 Å². The molecule has 1 aromatic rings. The highest BCUT2D eigenvalue weighted by Gasteiger charge is 2.53.